The van der Waals surface area contributed by atoms with Gasteiger partial charge in [0.1, 0.15) is 13.2 Å². The lowest BCUT2D eigenvalue weighted by Gasteiger charge is -2.25. The molecule has 20 heavy (non-hydrogen) atoms. The fraction of sp³-hybridized carbons (Fsp3) is 0.600. The summed E-state index contributed by atoms with van der Waals surface area (Å²) in [5.74, 6) is 1.62. The van der Waals surface area contributed by atoms with Crippen LogP contribution >= 0.6 is 0 Å². The molecule has 110 valence electrons. The third kappa shape index (κ3) is 3.23. The molecule has 1 aromatic rings. The lowest BCUT2D eigenvalue weighted by atomic mass is 10.1. The average molecular weight is 278 g/mol. The zero-order chi connectivity index (χ0) is 13.8. The number of fused-ring (bicyclic) bond motifs is 1. The number of nitrogens with two attached hydrogens (primary N) is 1. The molecule has 2 N–H and O–H groups in total. The first kappa shape index (κ1) is 13.7. The molecule has 2 aliphatic rings. The summed E-state index contributed by atoms with van der Waals surface area (Å²) in [4.78, 5) is 2.37. The maximum absolute atomic E-state index is 6.33. The fourth-order valence-electron chi connectivity index (χ4n) is 2.65. The third-order valence-corrected chi connectivity index (χ3v) is 3.76. The Morgan fingerprint density at radius 2 is 1.90 bits per heavy atom. The number of hydrogen-bond acceptors (Lipinski definition) is 5. The Hall–Kier alpha value is -1.30. The van der Waals surface area contributed by atoms with Crippen molar-refractivity contribution in [3.8, 4) is 11.5 Å². The molecule has 2 aliphatic heterocycles. The van der Waals surface area contributed by atoms with E-state index in [4.69, 9.17) is 19.9 Å². The van der Waals surface area contributed by atoms with Gasteiger partial charge in [0.2, 0.25) is 0 Å². The zero-order valence-corrected chi connectivity index (χ0v) is 11.7. The van der Waals surface area contributed by atoms with E-state index in [9.17, 15) is 0 Å². The number of benzene rings is 1. The number of hydrogen-bond donors (Lipinski definition) is 1. The molecule has 5 nitrogen and oxygen atoms in total. The second-order valence-corrected chi connectivity index (χ2v) is 5.28. The van der Waals surface area contributed by atoms with Crippen LogP contribution in [0.4, 0.5) is 0 Å². The molecule has 0 amide bonds. The third-order valence-electron chi connectivity index (χ3n) is 3.76. The largest absolute Gasteiger partial charge is 0.486 e. The highest BCUT2D eigenvalue weighted by molar-refractivity contribution is 5.44. The second kappa shape index (κ2) is 6.43. The minimum absolute atomic E-state index is 0.0103. The van der Waals surface area contributed by atoms with Crippen LogP contribution in [-0.4, -0.2) is 51.0 Å². The summed E-state index contributed by atoms with van der Waals surface area (Å²) in [6, 6.07) is 5.98. The molecule has 0 aromatic heterocycles. The fourth-order valence-corrected chi connectivity index (χ4v) is 2.65. The molecule has 0 bridgehead atoms. The van der Waals surface area contributed by atoms with Crippen LogP contribution in [-0.2, 0) is 4.74 Å². The van der Waals surface area contributed by atoms with Crippen molar-refractivity contribution >= 4 is 0 Å². The average Bonchev–Trinajstić information content (AvgIpc) is 2.75. The molecule has 1 aromatic carbocycles. The summed E-state index contributed by atoms with van der Waals surface area (Å²) in [5, 5.41) is 0. The van der Waals surface area contributed by atoms with Gasteiger partial charge in [-0.05, 0) is 24.1 Å². The molecule has 0 aliphatic carbocycles. The Morgan fingerprint density at radius 3 is 2.80 bits per heavy atom. The van der Waals surface area contributed by atoms with Gasteiger partial charge in [-0.2, -0.15) is 0 Å². The van der Waals surface area contributed by atoms with Gasteiger partial charge in [-0.15, -0.1) is 0 Å². The van der Waals surface area contributed by atoms with E-state index in [0.29, 0.717) is 13.2 Å². The van der Waals surface area contributed by atoms with Crippen LogP contribution in [0, 0.1) is 0 Å². The van der Waals surface area contributed by atoms with E-state index in [1.54, 1.807) is 0 Å². The first-order valence-electron chi connectivity index (χ1n) is 7.28. The van der Waals surface area contributed by atoms with Gasteiger partial charge in [-0.25, -0.2) is 0 Å². The van der Waals surface area contributed by atoms with Crippen LogP contribution in [0.5, 0.6) is 11.5 Å². The predicted molar refractivity (Wildman–Crippen MR) is 76.2 cm³/mol. The number of ether oxygens (including phenoxy) is 3. The Morgan fingerprint density at radius 1 is 1.05 bits per heavy atom. The van der Waals surface area contributed by atoms with Gasteiger partial charge in [0.15, 0.2) is 11.5 Å². The van der Waals surface area contributed by atoms with Gasteiger partial charge in [0, 0.05) is 32.3 Å². The molecule has 1 atom stereocenters. The lowest BCUT2D eigenvalue weighted by molar-refractivity contribution is 0.140. The predicted octanol–water partition coefficient (Wildman–Crippen LogP) is 1.18. The van der Waals surface area contributed by atoms with Crippen LogP contribution < -0.4 is 15.2 Å². The topological polar surface area (TPSA) is 57.0 Å². The minimum atomic E-state index is -0.0103. The molecular weight excluding hydrogens is 256 g/mol. The van der Waals surface area contributed by atoms with Crippen molar-refractivity contribution < 1.29 is 14.2 Å². The molecule has 1 fully saturated rings. The van der Waals surface area contributed by atoms with Crippen LogP contribution in [0.2, 0.25) is 0 Å². The maximum atomic E-state index is 6.33. The Bertz CT molecular complexity index is 445. The minimum Gasteiger partial charge on any atom is -0.486 e. The van der Waals surface area contributed by atoms with Crippen molar-refractivity contribution in [2.24, 2.45) is 5.73 Å². The summed E-state index contributed by atoms with van der Waals surface area (Å²) in [6.07, 6.45) is 1.08. The number of nitrogens with zero attached hydrogens (tertiary/aromatic N) is 1. The van der Waals surface area contributed by atoms with Crippen molar-refractivity contribution in [1.29, 1.82) is 0 Å². The van der Waals surface area contributed by atoms with Crippen molar-refractivity contribution in [2.75, 3.05) is 46.1 Å². The van der Waals surface area contributed by atoms with E-state index >= 15 is 0 Å². The summed E-state index contributed by atoms with van der Waals surface area (Å²) in [5.41, 5.74) is 7.43. The van der Waals surface area contributed by atoms with Crippen molar-refractivity contribution in [3.63, 3.8) is 0 Å². The van der Waals surface area contributed by atoms with Gasteiger partial charge in [0.25, 0.3) is 0 Å². The molecule has 3 rings (SSSR count). The molecule has 5 heteroatoms. The first-order chi connectivity index (χ1) is 9.83. The highest BCUT2D eigenvalue weighted by Crippen LogP contribution is 2.32. The van der Waals surface area contributed by atoms with Crippen molar-refractivity contribution in [2.45, 2.75) is 12.5 Å². The maximum Gasteiger partial charge on any atom is 0.161 e. The van der Waals surface area contributed by atoms with Crippen LogP contribution in [0.3, 0.4) is 0 Å². The molecule has 0 spiro atoms. The standard InChI is InChI=1S/C15H22N2O3/c16-13(11-17-4-1-6-18-7-5-17)12-2-3-14-15(10-12)20-9-8-19-14/h2-3,10,13H,1,4-9,11,16H2. The first-order valence-corrected chi connectivity index (χ1v) is 7.28. The quantitative estimate of drug-likeness (QED) is 0.900. The molecule has 1 saturated heterocycles. The van der Waals surface area contributed by atoms with Crippen LogP contribution in [0.1, 0.15) is 18.0 Å². The monoisotopic (exact) mass is 278 g/mol. The summed E-state index contributed by atoms with van der Waals surface area (Å²) in [7, 11) is 0. The molecule has 1 unspecified atom stereocenters. The molecular formula is C15H22N2O3. The van der Waals surface area contributed by atoms with E-state index in [0.717, 1.165) is 56.3 Å². The summed E-state index contributed by atoms with van der Waals surface area (Å²) < 4.78 is 16.6. The summed E-state index contributed by atoms with van der Waals surface area (Å²) >= 11 is 0. The van der Waals surface area contributed by atoms with Crippen LogP contribution in [0.15, 0.2) is 18.2 Å². The Labute approximate surface area is 119 Å². The highest BCUT2D eigenvalue weighted by atomic mass is 16.6. The van der Waals surface area contributed by atoms with E-state index in [1.807, 2.05) is 18.2 Å². The molecule has 0 saturated carbocycles. The Kier molecular flexibility index (Phi) is 4.40. The van der Waals surface area contributed by atoms with Crippen LogP contribution in [0.25, 0.3) is 0 Å². The smallest absolute Gasteiger partial charge is 0.161 e. The molecule has 2 heterocycles. The van der Waals surface area contributed by atoms with Crippen molar-refractivity contribution in [1.82, 2.24) is 4.90 Å². The zero-order valence-electron chi connectivity index (χ0n) is 11.7. The van der Waals surface area contributed by atoms with Gasteiger partial charge >= 0.3 is 0 Å². The van der Waals surface area contributed by atoms with Gasteiger partial charge in [-0.1, -0.05) is 6.07 Å². The van der Waals surface area contributed by atoms with Gasteiger partial charge < -0.3 is 19.9 Å². The summed E-state index contributed by atoms with van der Waals surface area (Å²) in [6.45, 7) is 5.74. The van der Waals surface area contributed by atoms with E-state index in [-0.39, 0.29) is 6.04 Å². The normalized spacial score (nSPS) is 21.2. The molecule has 0 radical (unpaired) electrons. The van der Waals surface area contributed by atoms with E-state index in [1.165, 1.54) is 0 Å². The number of rotatable bonds is 3. The lowest BCUT2D eigenvalue weighted by Crippen LogP contribution is -2.34. The second-order valence-electron chi connectivity index (χ2n) is 5.28. The highest BCUT2D eigenvalue weighted by Gasteiger charge is 2.17. The Balaban J connectivity index is 1.65. The SMILES string of the molecule is NC(CN1CCCOCC1)c1ccc2c(c1)OCCO2. The van der Waals surface area contributed by atoms with E-state index in [2.05, 4.69) is 4.90 Å². The van der Waals surface area contributed by atoms with Crippen molar-refractivity contribution in [3.05, 3.63) is 23.8 Å². The van der Waals surface area contributed by atoms with Gasteiger partial charge in [-0.3, -0.25) is 4.90 Å². The van der Waals surface area contributed by atoms with E-state index < -0.39 is 0 Å². The van der Waals surface area contributed by atoms with Gasteiger partial charge in [0.05, 0.1) is 6.61 Å².